The van der Waals surface area contributed by atoms with E-state index in [0.717, 1.165) is 23.0 Å². The summed E-state index contributed by atoms with van der Waals surface area (Å²) >= 11 is 0. The summed E-state index contributed by atoms with van der Waals surface area (Å²) in [6, 6.07) is 7.78. The molecule has 2 aromatic rings. The molecule has 4 heteroatoms. The Bertz CT molecular complexity index is 631. The third-order valence-corrected chi connectivity index (χ3v) is 3.23. The van der Waals surface area contributed by atoms with E-state index < -0.39 is 0 Å². The van der Waals surface area contributed by atoms with Crippen molar-refractivity contribution in [1.29, 1.82) is 0 Å². The average molecular weight is 259 g/mol. The number of hydrogen-bond acceptors (Lipinski definition) is 3. The molecule has 1 unspecified atom stereocenters. The molecule has 0 radical (unpaired) electrons. The summed E-state index contributed by atoms with van der Waals surface area (Å²) in [5.74, 6) is 0.584. The Labute approximate surface area is 113 Å². The predicted molar refractivity (Wildman–Crippen MR) is 78.2 cm³/mol. The van der Waals surface area contributed by atoms with Crippen LogP contribution in [0.2, 0.25) is 0 Å². The number of benzene rings is 1. The van der Waals surface area contributed by atoms with E-state index in [1.807, 2.05) is 24.3 Å². The number of fused-ring (bicyclic) bond motifs is 1. The number of hydrogen-bond donors (Lipinski definition) is 1. The second kappa shape index (κ2) is 5.53. The molecule has 19 heavy (non-hydrogen) atoms. The Kier molecular flexibility index (Phi) is 4.00. The van der Waals surface area contributed by atoms with Gasteiger partial charge in [-0.15, -0.1) is 0 Å². The van der Waals surface area contributed by atoms with Crippen molar-refractivity contribution in [3.63, 3.8) is 0 Å². The fraction of sp³-hybridized carbons (Fsp3) is 0.467. The Balaban J connectivity index is 2.48. The maximum Gasteiger partial charge on any atom is 0.274 e. The van der Waals surface area contributed by atoms with Crippen LogP contribution >= 0.6 is 0 Å². The van der Waals surface area contributed by atoms with Gasteiger partial charge in [0, 0.05) is 18.5 Å². The van der Waals surface area contributed by atoms with Crippen molar-refractivity contribution < 1.29 is 0 Å². The molecule has 0 aliphatic rings. The minimum atomic E-state index is -0.0459. The van der Waals surface area contributed by atoms with Crippen molar-refractivity contribution in [2.75, 3.05) is 6.54 Å². The molecule has 4 nitrogen and oxygen atoms in total. The van der Waals surface area contributed by atoms with Gasteiger partial charge < -0.3 is 5.32 Å². The van der Waals surface area contributed by atoms with E-state index in [9.17, 15) is 4.79 Å². The first-order chi connectivity index (χ1) is 9.00. The Morgan fingerprint density at radius 2 is 1.84 bits per heavy atom. The van der Waals surface area contributed by atoms with Crippen molar-refractivity contribution in [2.24, 2.45) is 13.0 Å². The molecule has 0 saturated carbocycles. The fourth-order valence-corrected chi connectivity index (χ4v) is 2.16. The molecule has 0 amide bonds. The van der Waals surface area contributed by atoms with Gasteiger partial charge in [-0.25, -0.2) is 4.68 Å². The first-order valence-electron chi connectivity index (χ1n) is 6.70. The summed E-state index contributed by atoms with van der Waals surface area (Å²) in [5, 5.41) is 9.55. The fourth-order valence-electron chi connectivity index (χ4n) is 2.16. The Morgan fingerprint density at radius 3 is 2.47 bits per heavy atom. The van der Waals surface area contributed by atoms with Gasteiger partial charge in [-0.2, -0.15) is 5.10 Å². The first kappa shape index (κ1) is 13.7. The lowest BCUT2D eigenvalue weighted by molar-refractivity contribution is 0.483. The third-order valence-electron chi connectivity index (χ3n) is 3.23. The van der Waals surface area contributed by atoms with Gasteiger partial charge in [0.15, 0.2) is 0 Å². The minimum absolute atomic E-state index is 0.0459. The molecule has 102 valence electrons. The zero-order chi connectivity index (χ0) is 14.0. The Morgan fingerprint density at radius 1 is 1.21 bits per heavy atom. The highest BCUT2D eigenvalue weighted by molar-refractivity contribution is 5.83. The van der Waals surface area contributed by atoms with E-state index >= 15 is 0 Å². The quantitative estimate of drug-likeness (QED) is 0.916. The van der Waals surface area contributed by atoms with Gasteiger partial charge in [0.1, 0.15) is 0 Å². The number of nitrogens with zero attached hydrogens (tertiary/aromatic N) is 2. The lowest BCUT2D eigenvalue weighted by Gasteiger charge is -2.17. The number of rotatable bonds is 4. The topological polar surface area (TPSA) is 46.9 Å². The second-order valence-electron chi connectivity index (χ2n) is 5.38. The molecule has 1 heterocycles. The second-order valence-corrected chi connectivity index (χ2v) is 5.38. The minimum Gasteiger partial charge on any atom is -0.309 e. The van der Waals surface area contributed by atoms with E-state index in [1.54, 1.807) is 7.05 Å². The largest absolute Gasteiger partial charge is 0.309 e. The number of nitrogens with one attached hydrogen (secondary N) is 1. The monoisotopic (exact) mass is 259 g/mol. The molecular weight excluding hydrogens is 238 g/mol. The van der Waals surface area contributed by atoms with Crippen LogP contribution in [-0.2, 0) is 7.05 Å². The SMILES string of the molecule is CC(C)CNC(C)c1nn(C)c(=O)c2ccccc12. The van der Waals surface area contributed by atoms with Gasteiger partial charge in [-0.1, -0.05) is 32.0 Å². The summed E-state index contributed by atoms with van der Waals surface area (Å²) in [6.45, 7) is 7.36. The van der Waals surface area contributed by atoms with Gasteiger partial charge in [-0.3, -0.25) is 4.79 Å². The van der Waals surface area contributed by atoms with Crippen LogP contribution in [-0.4, -0.2) is 16.3 Å². The molecule has 1 aromatic heterocycles. The molecular formula is C15H21N3O. The molecule has 0 fully saturated rings. The highest BCUT2D eigenvalue weighted by Gasteiger charge is 2.14. The van der Waals surface area contributed by atoms with E-state index in [-0.39, 0.29) is 11.6 Å². The van der Waals surface area contributed by atoms with Crippen LogP contribution in [0, 0.1) is 5.92 Å². The lowest BCUT2D eigenvalue weighted by Crippen LogP contribution is -2.28. The number of aromatic nitrogens is 2. The van der Waals surface area contributed by atoms with Crippen molar-refractivity contribution in [1.82, 2.24) is 15.1 Å². The molecule has 1 N–H and O–H groups in total. The van der Waals surface area contributed by atoms with Gasteiger partial charge in [0.05, 0.1) is 11.1 Å². The van der Waals surface area contributed by atoms with Crippen molar-refractivity contribution >= 4 is 10.8 Å². The highest BCUT2D eigenvalue weighted by Crippen LogP contribution is 2.19. The molecule has 0 spiro atoms. The van der Waals surface area contributed by atoms with Crippen LogP contribution in [0.1, 0.15) is 32.5 Å². The molecule has 0 aliphatic heterocycles. The van der Waals surface area contributed by atoms with Crippen molar-refractivity contribution in [2.45, 2.75) is 26.8 Å². The lowest BCUT2D eigenvalue weighted by atomic mass is 10.1. The van der Waals surface area contributed by atoms with Crippen LogP contribution < -0.4 is 10.9 Å². The van der Waals surface area contributed by atoms with Crippen molar-refractivity contribution in [3.05, 3.63) is 40.3 Å². The first-order valence-corrected chi connectivity index (χ1v) is 6.70. The average Bonchev–Trinajstić information content (AvgIpc) is 2.40. The highest BCUT2D eigenvalue weighted by atomic mass is 16.1. The Hall–Kier alpha value is -1.68. The zero-order valence-corrected chi connectivity index (χ0v) is 12.0. The molecule has 0 bridgehead atoms. The smallest absolute Gasteiger partial charge is 0.274 e. The van der Waals surface area contributed by atoms with Crippen LogP contribution in [0.4, 0.5) is 0 Å². The van der Waals surface area contributed by atoms with Crippen LogP contribution in [0.15, 0.2) is 29.1 Å². The normalized spacial score (nSPS) is 13.1. The maximum atomic E-state index is 12.0. The summed E-state index contributed by atoms with van der Waals surface area (Å²) in [4.78, 5) is 12.0. The molecule has 0 saturated heterocycles. The van der Waals surface area contributed by atoms with E-state index in [0.29, 0.717) is 5.92 Å². The van der Waals surface area contributed by atoms with Gasteiger partial charge in [0.25, 0.3) is 5.56 Å². The van der Waals surface area contributed by atoms with E-state index in [4.69, 9.17) is 0 Å². The van der Waals surface area contributed by atoms with E-state index in [2.05, 4.69) is 31.2 Å². The van der Waals surface area contributed by atoms with Gasteiger partial charge in [-0.05, 0) is 25.5 Å². The third kappa shape index (κ3) is 2.84. The molecule has 1 atom stereocenters. The van der Waals surface area contributed by atoms with Crippen LogP contribution in [0.5, 0.6) is 0 Å². The summed E-state index contributed by atoms with van der Waals surface area (Å²) in [5.41, 5.74) is 0.883. The standard InChI is InChI=1S/C15H21N3O/c1-10(2)9-16-11(3)14-12-7-5-6-8-13(12)15(19)18(4)17-14/h5-8,10-11,16H,9H2,1-4H3. The van der Waals surface area contributed by atoms with Gasteiger partial charge >= 0.3 is 0 Å². The maximum absolute atomic E-state index is 12.0. The summed E-state index contributed by atoms with van der Waals surface area (Å²) in [6.07, 6.45) is 0. The molecule has 1 aromatic carbocycles. The number of aryl methyl sites for hydroxylation is 1. The van der Waals surface area contributed by atoms with Crippen LogP contribution in [0.3, 0.4) is 0 Å². The van der Waals surface area contributed by atoms with Gasteiger partial charge in [0.2, 0.25) is 0 Å². The summed E-state index contributed by atoms with van der Waals surface area (Å²) < 4.78 is 1.42. The zero-order valence-electron chi connectivity index (χ0n) is 12.0. The molecule has 2 rings (SSSR count). The van der Waals surface area contributed by atoms with E-state index in [1.165, 1.54) is 4.68 Å². The van der Waals surface area contributed by atoms with Crippen molar-refractivity contribution in [3.8, 4) is 0 Å². The predicted octanol–water partition coefficient (Wildman–Crippen LogP) is 2.24. The molecule has 0 aliphatic carbocycles. The van der Waals surface area contributed by atoms with Crippen LogP contribution in [0.25, 0.3) is 10.8 Å². The summed E-state index contributed by atoms with van der Waals surface area (Å²) in [7, 11) is 1.70.